The molecule has 13 heteroatoms. The molecule has 0 spiro atoms. The van der Waals surface area contributed by atoms with E-state index in [1.54, 1.807) is 0 Å². The van der Waals surface area contributed by atoms with E-state index in [0.717, 1.165) is 31.2 Å². The Balaban J connectivity index is 1.22. The Morgan fingerprint density at radius 1 is 0.750 bits per heavy atom. The first-order chi connectivity index (χ1) is 22.7. The fourth-order valence-corrected chi connectivity index (χ4v) is 6.30. The van der Waals surface area contributed by atoms with Crippen molar-refractivity contribution in [3.63, 3.8) is 0 Å². The number of hydrogen-bond acceptors (Lipinski definition) is 4. The number of rotatable bonds is 10. The van der Waals surface area contributed by atoms with E-state index in [1.807, 2.05) is 6.92 Å². The molecule has 1 saturated carbocycles. The molecule has 3 aromatic carbocycles. The van der Waals surface area contributed by atoms with Crippen molar-refractivity contribution in [3.8, 4) is 22.6 Å². The zero-order chi connectivity index (χ0) is 34.6. The number of allylic oxidation sites excluding steroid dienone is 2. The Labute approximate surface area is 271 Å². The molecule has 0 aromatic heterocycles. The minimum atomic E-state index is -5.26. The first kappa shape index (κ1) is 35.6. The van der Waals surface area contributed by atoms with Gasteiger partial charge in [0.1, 0.15) is 28.8 Å². The zero-order valence-electron chi connectivity index (χ0n) is 25.8. The van der Waals surface area contributed by atoms with Gasteiger partial charge in [0, 0.05) is 23.1 Å². The lowest BCUT2D eigenvalue weighted by atomic mass is 9.75. The highest BCUT2D eigenvalue weighted by molar-refractivity contribution is 5.65. The minimum Gasteiger partial charge on any atom is -0.429 e. The quantitative estimate of drug-likeness (QED) is 0.157. The fraction of sp³-hybridized carbons (Fsp3) is 0.429. The second-order valence-electron chi connectivity index (χ2n) is 12.0. The summed E-state index contributed by atoms with van der Waals surface area (Å²) in [5.74, 6) is -7.20. The lowest BCUT2D eigenvalue weighted by Gasteiger charge is -2.37. The van der Waals surface area contributed by atoms with E-state index in [9.17, 15) is 35.1 Å². The Morgan fingerprint density at radius 2 is 1.42 bits per heavy atom. The van der Waals surface area contributed by atoms with E-state index >= 15 is 4.39 Å². The third-order valence-electron chi connectivity index (χ3n) is 8.74. The molecule has 0 unspecified atom stereocenters. The summed E-state index contributed by atoms with van der Waals surface area (Å²) in [5, 5.41) is 0. The highest BCUT2D eigenvalue weighted by atomic mass is 19.4. The Kier molecular flexibility index (Phi) is 11.0. The smallest absolute Gasteiger partial charge is 0.429 e. The zero-order valence-corrected chi connectivity index (χ0v) is 25.8. The topological polar surface area (TPSA) is 36.9 Å². The molecule has 2 aliphatic rings. The van der Waals surface area contributed by atoms with Crippen LogP contribution in [-0.4, -0.2) is 19.6 Å². The summed E-state index contributed by atoms with van der Waals surface area (Å²) in [6.07, 6.45) is 0.221. The highest BCUT2D eigenvalue weighted by Gasteiger charge is 2.42. The molecule has 0 atom stereocenters. The molecule has 0 radical (unpaired) electrons. The van der Waals surface area contributed by atoms with Crippen molar-refractivity contribution in [1.29, 1.82) is 0 Å². The molecule has 0 amide bonds. The monoisotopic (exact) mass is 688 g/mol. The van der Waals surface area contributed by atoms with Gasteiger partial charge in [-0.1, -0.05) is 37.1 Å². The van der Waals surface area contributed by atoms with Crippen LogP contribution in [0.5, 0.6) is 11.5 Å². The van der Waals surface area contributed by atoms with Crippen molar-refractivity contribution in [1.82, 2.24) is 0 Å². The van der Waals surface area contributed by atoms with E-state index in [-0.39, 0.29) is 17.5 Å². The molecule has 5 rings (SSSR count). The van der Waals surface area contributed by atoms with Gasteiger partial charge in [-0.15, -0.1) is 13.2 Å². The predicted molar refractivity (Wildman–Crippen MR) is 157 cm³/mol. The number of alkyl halides is 5. The van der Waals surface area contributed by atoms with Gasteiger partial charge >= 0.3 is 12.5 Å². The van der Waals surface area contributed by atoms with Gasteiger partial charge in [-0.05, 0) is 80.3 Å². The van der Waals surface area contributed by atoms with Gasteiger partial charge < -0.3 is 18.9 Å². The molecular weight excluding hydrogens is 655 g/mol. The van der Waals surface area contributed by atoms with Crippen LogP contribution < -0.4 is 9.47 Å². The number of halogens is 9. The maximum Gasteiger partial charge on any atom is 0.573 e. The maximum atomic E-state index is 15.2. The Bertz CT molecular complexity index is 1570. The van der Waals surface area contributed by atoms with Crippen LogP contribution in [0, 0.1) is 41.0 Å². The average molecular weight is 689 g/mol. The fourth-order valence-electron chi connectivity index (χ4n) is 6.30. The lowest BCUT2D eigenvalue weighted by molar-refractivity contribution is -0.275. The highest BCUT2D eigenvalue weighted by Crippen LogP contribution is 2.41. The van der Waals surface area contributed by atoms with E-state index in [2.05, 4.69) is 21.6 Å². The van der Waals surface area contributed by atoms with Crippen LogP contribution in [0.3, 0.4) is 0 Å². The van der Waals surface area contributed by atoms with Crippen molar-refractivity contribution < 1.29 is 58.5 Å². The summed E-state index contributed by atoms with van der Waals surface area (Å²) in [6.45, 7) is 2.90. The third kappa shape index (κ3) is 8.65. The van der Waals surface area contributed by atoms with E-state index in [0.29, 0.717) is 49.0 Å². The first-order valence-corrected chi connectivity index (χ1v) is 15.5. The molecule has 1 saturated heterocycles. The maximum absolute atomic E-state index is 15.2. The largest absolute Gasteiger partial charge is 0.573 e. The summed E-state index contributed by atoms with van der Waals surface area (Å²) in [4.78, 5) is 0. The third-order valence-corrected chi connectivity index (χ3v) is 8.74. The van der Waals surface area contributed by atoms with Gasteiger partial charge in [0.05, 0.1) is 13.2 Å². The van der Waals surface area contributed by atoms with Crippen LogP contribution in [0.4, 0.5) is 39.5 Å². The van der Waals surface area contributed by atoms with E-state index in [4.69, 9.17) is 9.47 Å². The summed E-state index contributed by atoms with van der Waals surface area (Å²) < 4.78 is 145. The SMILES string of the molecule is CC=CCCC1CCC(C2COC(c3ccc(-c4cc(F)c(C(F)(F)Oc5ccc(OC(F)(F)F)c(F)c5)c(F)c4)c(F)c3)OC2)CC1. The molecule has 2 fully saturated rings. The van der Waals surface area contributed by atoms with Gasteiger partial charge in [0.2, 0.25) is 0 Å². The molecule has 0 N–H and O–H groups in total. The van der Waals surface area contributed by atoms with Crippen molar-refractivity contribution in [2.45, 2.75) is 64.2 Å². The van der Waals surface area contributed by atoms with Gasteiger partial charge in [-0.25, -0.2) is 17.6 Å². The molecule has 1 aliphatic heterocycles. The predicted octanol–water partition coefficient (Wildman–Crippen LogP) is 10.8. The first-order valence-electron chi connectivity index (χ1n) is 15.5. The number of hydrogen-bond donors (Lipinski definition) is 0. The molecule has 48 heavy (non-hydrogen) atoms. The summed E-state index contributed by atoms with van der Waals surface area (Å²) in [5.41, 5.74) is -2.24. The molecule has 1 heterocycles. The van der Waals surface area contributed by atoms with E-state index in [1.165, 1.54) is 31.4 Å². The number of ether oxygens (including phenoxy) is 4. The van der Waals surface area contributed by atoms with Crippen LogP contribution in [-0.2, 0) is 15.6 Å². The molecule has 260 valence electrons. The Hall–Kier alpha value is -3.71. The van der Waals surface area contributed by atoms with Crippen LogP contribution in [0.2, 0.25) is 0 Å². The van der Waals surface area contributed by atoms with Crippen LogP contribution in [0.15, 0.2) is 60.7 Å². The Morgan fingerprint density at radius 3 is 2.00 bits per heavy atom. The minimum absolute atomic E-state index is 0.134. The van der Waals surface area contributed by atoms with Gasteiger partial charge in [0.25, 0.3) is 0 Å². The average Bonchev–Trinajstić information content (AvgIpc) is 3.01. The van der Waals surface area contributed by atoms with Crippen molar-refractivity contribution in [2.24, 2.45) is 17.8 Å². The molecule has 3 aromatic rings. The summed E-state index contributed by atoms with van der Waals surface area (Å²) in [7, 11) is 0. The number of benzene rings is 3. The standard InChI is InChI=1S/C35H33F9O4/c1-2-3-4-5-20-6-8-21(9-7-20)24-18-45-33(46-19-24)22-10-12-26(27(36)14-22)23-15-29(38)32(30(39)16-23)34(40,41)47-25-11-13-31(28(37)17-25)48-35(42,43)44/h2-3,10-17,20-21,24,33H,4-9,18-19H2,1H3. The van der Waals surface area contributed by atoms with Crippen LogP contribution in [0.1, 0.15) is 62.9 Å². The van der Waals surface area contributed by atoms with E-state index < -0.39 is 64.7 Å². The van der Waals surface area contributed by atoms with Crippen LogP contribution >= 0.6 is 0 Å². The van der Waals surface area contributed by atoms with Crippen molar-refractivity contribution in [2.75, 3.05) is 13.2 Å². The van der Waals surface area contributed by atoms with Crippen molar-refractivity contribution in [3.05, 3.63) is 95.1 Å². The lowest BCUT2D eigenvalue weighted by Crippen LogP contribution is -2.34. The van der Waals surface area contributed by atoms with Gasteiger partial charge in [-0.2, -0.15) is 8.78 Å². The second-order valence-corrected chi connectivity index (χ2v) is 12.0. The summed E-state index contributed by atoms with van der Waals surface area (Å²) >= 11 is 0. The molecular formula is C35H33F9O4. The molecule has 0 bridgehead atoms. The summed E-state index contributed by atoms with van der Waals surface area (Å²) in [6, 6.07) is 5.68. The van der Waals surface area contributed by atoms with Crippen molar-refractivity contribution >= 4 is 0 Å². The second kappa shape index (κ2) is 14.8. The molecule has 1 aliphatic carbocycles. The van der Waals surface area contributed by atoms with Gasteiger partial charge in [-0.3, -0.25) is 0 Å². The molecule has 4 nitrogen and oxygen atoms in total. The van der Waals surface area contributed by atoms with Gasteiger partial charge in [0.15, 0.2) is 17.9 Å². The van der Waals surface area contributed by atoms with Crippen LogP contribution in [0.25, 0.3) is 11.1 Å². The normalized spacial score (nSPS) is 22.2.